The smallest absolute Gasteiger partial charge is 0.275 e. The number of thioether (sulfide) groups is 1. The van der Waals surface area contributed by atoms with Gasteiger partial charge in [0.2, 0.25) is 0 Å². The number of rotatable bonds is 4. The topological polar surface area (TPSA) is 75.9 Å². The molecule has 1 N–H and O–H groups in total. The number of hydrogen-bond donors (Lipinski definition) is 1. The Morgan fingerprint density at radius 3 is 2.70 bits per heavy atom. The van der Waals surface area contributed by atoms with Crippen molar-refractivity contribution in [2.24, 2.45) is 0 Å². The summed E-state index contributed by atoms with van der Waals surface area (Å²) in [6, 6.07) is 9.59. The minimum Gasteiger partial charge on any atom is -0.355 e. The number of nitrogens with zero attached hydrogens (tertiary/aromatic N) is 5. The molecule has 2 aromatic heterocycles. The third-order valence-electron chi connectivity index (χ3n) is 4.45. The molecule has 1 saturated heterocycles. The van der Waals surface area contributed by atoms with Crippen LogP contribution < -0.4 is 10.2 Å². The second kappa shape index (κ2) is 7.79. The van der Waals surface area contributed by atoms with Crippen LogP contribution in [-0.2, 0) is 0 Å². The minimum atomic E-state index is -0.245. The van der Waals surface area contributed by atoms with E-state index in [1.165, 1.54) is 0 Å². The van der Waals surface area contributed by atoms with E-state index in [0.29, 0.717) is 11.5 Å². The summed E-state index contributed by atoms with van der Waals surface area (Å²) >= 11 is 1.96. The Labute approximate surface area is 161 Å². The Morgan fingerprint density at radius 1 is 1.11 bits per heavy atom. The number of carbonyl (C=O) groups excluding carboxylic acids is 1. The molecule has 1 aromatic carbocycles. The molecule has 138 valence electrons. The number of aromatic nitrogens is 4. The number of hydrogen-bond acceptors (Lipinski definition) is 6. The van der Waals surface area contributed by atoms with Crippen molar-refractivity contribution >= 4 is 29.2 Å². The first-order chi connectivity index (χ1) is 13.2. The molecule has 1 aliphatic heterocycles. The zero-order valence-electron chi connectivity index (χ0n) is 15.0. The molecule has 7 nitrogen and oxygen atoms in total. The molecule has 27 heavy (non-hydrogen) atoms. The van der Waals surface area contributed by atoms with Crippen molar-refractivity contribution in [1.82, 2.24) is 19.5 Å². The zero-order chi connectivity index (χ0) is 18.6. The van der Waals surface area contributed by atoms with Crippen LogP contribution in [-0.4, -0.2) is 50.0 Å². The largest absolute Gasteiger partial charge is 0.355 e. The van der Waals surface area contributed by atoms with Gasteiger partial charge in [0.25, 0.3) is 5.91 Å². The highest BCUT2D eigenvalue weighted by Gasteiger charge is 2.15. The van der Waals surface area contributed by atoms with E-state index in [0.717, 1.165) is 41.7 Å². The Hall–Kier alpha value is -2.87. The Bertz CT molecular complexity index is 951. The van der Waals surface area contributed by atoms with Gasteiger partial charge in [-0.15, -0.1) is 0 Å². The summed E-state index contributed by atoms with van der Waals surface area (Å²) in [7, 11) is 0. The molecule has 1 amide bonds. The molecule has 1 aliphatic rings. The number of amides is 1. The molecule has 8 heteroatoms. The molecule has 3 heterocycles. The van der Waals surface area contributed by atoms with E-state index < -0.39 is 0 Å². The van der Waals surface area contributed by atoms with E-state index in [1.807, 2.05) is 49.0 Å². The first-order valence-corrected chi connectivity index (χ1v) is 9.92. The quantitative estimate of drug-likeness (QED) is 0.750. The van der Waals surface area contributed by atoms with E-state index in [-0.39, 0.29) is 5.91 Å². The van der Waals surface area contributed by atoms with Crippen molar-refractivity contribution < 1.29 is 4.79 Å². The van der Waals surface area contributed by atoms with Crippen molar-refractivity contribution in [2.75, 3.05) is 34.8 Å². The lowest BCUT2D eigenvalue weighted by atomic mass is 10.2. The van der Waals surface area contributed by atoms with E-state index in [2.05, 4.69) is 25.2 Å². The second-order valence-corrected chi connectivity index (χ2v) is 7.49. The van der Waals surface area contributed by atoms with Gasteiger partial charge >= 0.3 is 0 Å². The summed E-state index contributed by atoms with van der Waals surface area (Å²) in [5, 5.41) is 2.90. The molecule has 0 unspecified atom stereocenters. The number of para-hydroxylation sites is 1. The number of anilines is 2. The van der Waals surface area contributed by atoms with Crippen LogP contribution in [0.1, 0.15) is 16.1 Å². The number of nitrogens with one attached hydrogen (secondary N) is 1. The van der Waals surface area contributed by atoms with E-state index in [9.17, 15) is 4.79 Å². The van der Waals surface area contributed by atoms with Gasteiger partial charge in [-0.3, -0.25) is 9.36 Å². The van der Waals surface area contributed by atoms with Crippen molar-refractivity contribution in [1.29, 1.82) is 0 Å². The van der Waals surface area contributed by atoms with Crippen LogP contribution in [0.25, 0.3) is 5.82 Å². The fraction of sp³-hybridized carbons (Fsp3) is 0.263. The molecular formula is C19H20N6OS. The normalized spacial score (nSPS) is 14.2. The van der Waals surface area contributed by atoms with E-state index >= 15 is 0 Å². The first-order valence-electron chi connectivity index (χ1n) is 8.77. The third kappa shape index (κ3) is 3.95. The molecule has 0 aliphatic carbocycles. The van der Waals surface area contributed by atoms with Gasteiger partial charge in [-0.25, -0.2) is 15.0 Å². The lowest BCUT2D eigenvalue weighted by Gasteiger charge is -2.27. The molecule has 3 aromatic rings. The van der Waals surface area contributed by atoms with Crippen molar-refractivity contribution in [3.63, 3.8) is 0 Å². The summed E-state index contributed by atoms with van der Waals surface area (Å²) in [5.74, 6) is 3.56. The lowest BCUT2D eigenvalue weighted by molar-refractivity contribution is 0.102. The highest BCUT2D eigenvalue weighted by Crippen LogP contribution is 2.19. The molecular weight excluding hydrogens is 360 g/mol. The average molecular weight is 380 g/mol. The number of benzene rings is 1. The maximum absolute atomic E-state index is 12.5. The summed E-state index contributed by atoms with van der Waals surface area (Å²) in [5.41, 5.74) is 2.13. The van der Waals surface area contributed by atoms with E-state index in [4.69, 9.17) is 0 Å². The zero-order valence-corrected chi connectivity index (χ0v) is 15.8. The molecule has 0 saturated carbocycles. The molecule has 1 fully saturated rings. The maximum Gasteiger partial charge on any atom is 0.275 e. The molecule has 0 spiro atoms. The SMILES string of the molecule is Cc1ccccc1NC(=O)c1cn(-c2cc(N3CCSCC3)ncn2)cn1. The number of imidazole rings is 1. The highest BCUT2D eigenvalue weighted by molar-refractivity contribution is 7.99. The Morgan fingerprint density at radius 2 is 1.89 bits per heavy atom. The number of carbonyl (C=O) groups is 1. The van der Waals surface area contributed by atoms with Gasteiger partial charge in [-0.2, -0.15) is 11.8 Å². The van der Waals surface area contributed by atoms with Crippen molar-refractivity contribution in [3.05, 3.63) is 60.4 Å². The molecule has 0 radical (unpaired) electrons. The first kappa shape index (κ1) is 17.5. The van der Waals surface area contributed by atoms with E-state index in [1.54, 1.807) is 23.4 Å². The predicted molar refractivity (Wildman–Crippen MR) is 108 cm³/mol. The Balaban J connectivity index is 1.52. The van der Waals surface area contributed by atoms with Crippen LogP contribution in [0.4, 0.5) is 11.5 Å². The van der Waals surface area contributed by atoms with Crippen LogP contribution in [0.15, 0.2) is 49.2 Å². The summed E-state index contributed by atoms with van der Waals surface area (Å²) in [4.78, 5) is 27.7. The molecule has 4 rings (SSSR count). The monoisotopic (exact) mass is 380 g/mol. The minimum absolute atomic E-state index is 0.245. The standard InChI is InChI=1S/C19H20N6OS/c1-14-4-2-3-5-15(14)23-19(26)16-11-25(13-22-16)18-10-17(20-12-21-18)24-6-8-27-9-7-24/h2-5,10-13H,6-9H2,1H3,(H,23,26). The van der Waals surface area contributed by atoms with Gasteiger partial charge in [0.15, 0.2) is 0 Å². The van der Waals surface area contributed by atoms with Crippen LogP contribution >= 0.6 is 11.8 Å². The van der Waals surface area contributed by atoms with Gasteiger partial charge in [0, 0.05) is 42.5 Å². The third-order valence-corrected chi connectivity index (χ3v) is 5.39. The molecule has 0 atom stereocenters. The van der Waals surface area contributed by atoms with Gasteiger partial charge in [-0.05, 0) is 18.6 Å². The van der Waals surface area contributed by atoms with Gasteiger partial charge in [-0.1, -0.05) is 18.2 Å². The number of aryl methyl sites for hydroxylation is 1. The van der Waals surface area contributed by atoms with Crippen LogP contribution in [0.3, 0.4) is 0 Å². The fourth-order valence-corrected chi connectivity index (χ4v) is 3.81. The fourth-order valence-electron chi connectivity index (χ4n) is 2.91. The summed E-state index contributed by atoms with van der Waals surface area (Å²) in [6.45, 7) is 3.92. The summed E-state index contributed by atoms with van der Waals surface area (Å²) in [6.07, 6.45) is 4.84. The van der Waals surface area contributed by atoms with Crippen LogP contribution in [0.5, 0.6) is 0 Å². The second-order valence-electron chi connectivity index (χ2n) is 6.27. The van der Waals surface area contributed by atoms with Gasteiger partial charge in [0.1, 0.15) is 30.0 Å². The average Bonchev–Trinajstić information content (AvgIpc) is 3.21. The van der Waals surface area contributed by atoms with Gasteiger partial charge in [0.05, 0.1) is 0 Å². The highest BCUT2D eigenvalue weighted by atomic mass is 32.2. The van der Waals surface area contributed by atoms with Crippen LogP contribution in [0.2, 0.25) is 0 Å². The Kier molecular flexibility index (Phi) is 5.06. The van der Waals surface area contributed by atoms with Gasteiger partial charge < -0.3 is 10.2 Å². The lowest BCUT2D eigenvalue weighted by Crippen LogP contribution is -2.33. The van der Waals surface area contributed by atoms with Crippen molar-refractivity contribution in [3.8, 4) is 5.82 Å². The molecule has 0 bridgehead atoms. The van der Waals surface area contributed by atoms with Crippen LogP contribution in [0, 0.1) is 6.92 Å². The maximum atomic E-state index is 12.5. The predicted octanol–water partition coefficient (Wildman–Crippen LogP) is 2.78. The van der Waals surface area contributed by atoms with Crippen molar-refractivity contribution in [2.45, 2.75) is 6.92 Å². The summed E-state index contributed by atoms with van der Waals surface area (Å²) < 4.78 is 1.75.